The van der Waals surface area contributed by atoms with Gasteiger partial charge < -0.3 is 10.6 Å². The monoisotopic (exact) mass is 329 g/mol. The molecule has 0 aliphatic carbocycles. The van der Waals surface area contributed by atoms with Crippen LogP contribution in [0, 0.1) is 5.82 Å². The number of benzene rings is 1. The molecule has 2 N–H and O–H groups in total. The van der Waals surface area contributed by atoms with E-state index in [1.54, 1.807) is 4.90 Å². The Kier molecular flexibility index (Phi) is 7.27. The third kappa shape index (κ3) is 6.41. The van der Waals surface area contributed by atoms with Gasteiger partial charge in [-0.3, -0.25) is 14.5 Å². The number of amides is 2. The quantitative estimate of drug-likeness (QED) is 0.806. The molecular formula is C15H21ClFN3O2. The zero-order chi connectivity index (χ0) is 16.7. The molecule has 2 amide bonds. The number of carbonyl (C=O) groups excluding carboxylic acids is 2. The van der Waals surface area contributed by atoms with Gasteiger partial charge >= 0.3 is 0 Å². The van der Waals surface area contributed by atoms with Crippen molar-refractivity contribution in [3.8, 4) is 0 Å². The zero-order valence-corrected chi connectivity index (χ0v) is 13.7. The average Bonchev–Trinajstić information content (AvgIpc) is 2.41. The largest absolute Gasteiger partial charge is 0.353 e. The average molecular weight is 330 g/mol. The first-order chi connectivity index (χ1) is 10.3. The lowest BCUT2D eigenvalue weighted by Gasteiger charge is -2.20. The van der Waals surface area contributed by atoms with Crippen molar-refractivity contribution in [2.75, 3.05) is 25.0 Å². The third-order valence-corrected chi connectivity index (χ3v) is 3.12. The number of anilines is 1. The van der Waals surface area contributed by atoms with E-state index in [9.17, 15) is 14.0 Å². The zero-order valence-electron chi connectivity index (χ0n) is 13.0. The van der Waals surface area contributed by atoms with Crippen molar-refractivity contribution in [2.45, 2.75) is 26.8 Å². The third-order valence-electron chi connectivity index (χ3n) is 2.83. The lowest BCUT2D eigenvalue weighted by molar-refractivity contribution is -0.123. The van der Waals surface area contributed by atoms with Crippen LogP contribution in [0.5, 0.6) is 0 Å². The van der Waals surface area contributed by atoms with Gasteiger partial charge in [0.25, 0.3) is 0 Å². The Hall–Kier alpha value is -1.66. The standard InChI is InChI=1S/C15H21ClFN3O2/c1-4-20(8-14(21)18-10(2)3)9-15(22)19-11-5-6-13(17)12(16)7-11/h5-7,10H,4,8-9H2,1-3H3,(H,18,21)(H,19,22). The Morgan fingerprint density at radius 3 is 2.45 bits per heavy atom. The molecule has 0 aliphatic rings. The van der Waals surface area contributed by atoms with Crippen LogP contribution in [0.25, 0.3) is 0 Å². The molecule has 0 fully saturated rings. The van der Waals surface area contributed by atoms with Gasteiger partial charge in [-0.1, -0.05) is 18.5 Å². The van der Waals surface area contributed by atoms with Gasteiger partial charge in [0, 0.05) is 11.7 Å². The minimum Gasteiger partial charge on any atom is -0.353 e. The van der Waals surface area contributed by atoms with E-state index < -0.39 is 5.82 Å². The highest BCUT2D eigenvalue weighted by molar-refractivity contribution is 6.31. The molecule has 0 spiro atoms. The molecule has 122 valence electrons. The van der Waals surface area contributed by atoms with E-state index in [0.29, 0.717) is 12.2 Å². The van der Waals surface area contributed by atoms with Crippen LogP contribution in [0.4, 0.5) is 10.1 Å². The fourth-order valence-corrected chi connectivity index (χ4v) is 2.01. The molecule has 0 bridgehead atoms. The molecule has 22 heavy (non-hydrogen) atoms. The summed E-state index contributed by atoms with van der Waals surface area (Å²) in [5.41, 5.74) is 0.416. The minimum absolute atomic E-state index is 0.0542. The van der Waals surface area contributed by atoms with Crippen molar-refractivity contribution >= 4 is 29.1 Å². The summed E-state index contributed by atoms with van der Waals surface area (Å²) in [6.45, 7) is 6.38. The van der Waals surface area contributed by atoms with E-state index in [4.69, 9.17) is 11.6 Å². The summed E-state index contributed by atoms with van der Waals surface area (Å²) in [7, 11) is 0. The van der Waals surface area contributed by atoms with Crippen LogP contribution in [0.2, 0.25) is 5.02 Å². The number of nitrogens with one attached hydrogen (secondary N) is 2. The molecule has 0 radical (unpaired) electrons. The molecule has 1 aromatic rings. The molecule has 0 aliphatic heterocycles. The van der Waals surface area contributed by atoms with Gasteiger partial charge in [0.15, 0.2) is 0 Å². The first-order valence-electron chi connectivity index (χ1n) is 7.08. The van der Waals surface area contributed by atoms with Gasteiger partial charge in [0.05, 0.1) is 18.1 Å². The lowest BCUT2D eigenvalue weighted by Crippen LogP contribution is -2.42. The van der Waals surface area contributed by atoms with E-state index in [2.05, 4.69) is 10.6 Å². The summed E-state index contributed by atoms with van der Waals surface area (Å²) in [5.74, 6) is -0.962. The maximum atomic E-state index is 13.1. The summed E-state index contributed by atoms with van der Waals surface area (Å²) in [5, 5.41) is 5.34. The highest BCUT2D eigenvalue weighted by atomic mass is 35.5. The SMILES string of the molecule is CCN(CC(=O)Nc1ccc(F)c(Cl)c1)CC(=O)NC(C)C. The summed E-state index contributed by atoms with van der Waals surface area (Å²) < 4.78 is 13.1. The van der Waals surface area contributed by atoms with Crippen molar-refractivity contribution < 1.29 is 14.0 Å². The fraction of sp³-hybridized carbons (Fsp3) is 0.467. The highest BCUT2D eigenvalue weighted by Gasteiger charge is 2.14. The van der Waals surface area contributed by atoms with E-state index in [0.717, 1.165) is 0 Å². The molecule has 0 heterocycles. The predicted molar refractivity (Wildman–Crippen MR) is 85.4 cm³/mol. The van der Waals surface area contributed by atoms with Gasteiger partial charge in [-0.25, -0.2) is 4.39 Å². The number of halogens is 2. The minimum atomic E-state index is -0.541. The predicted octanol–water partition coefficient (Wildman–Crippen LogP) is 2.26. The molecule has 7 heteroatoms. The van der Waals surface area contributed by atoms with Crippen molar-refractivity contribution in [2.24, 2.45) is 0 Å². The number of hydrogen-bond acceptors (Lipinski definition) is 3. The molecule has 1 aromatic carbocycles. The Morgan fingerprint density at radius 2 is 1.91 bits per heavy atom. The Labute approximate surface area is 134 Å². The second kappa shape index (κ2) is 8.70. The fourth-order valence-electron chi connectivity index (χ4n) is 1.83. The lowest BCUT2D eigenvalue weighted by atomic mass is 10.3. The molecule has 0 saturated heterocycles. The Balaban J connectivity index is 2.54. The van der Waals surface area contributed by atoms with Gasteiger partial charge in [0.2, 0.25) is 11.8 Å². The smallest absolute Gasteiger partial charge is 0.238 e. The normalized spacial score (nSPS) is 10.9. The molecule has 5 nitrogen and oxygen atoms in total. The van der Waals surface area contributed by atoms with Gasteiger partial charge in [0.1, 0.15) is 5.82 Å². The number of hydrogen-bond donors (Lipinski definition) is 2. The van der Waals surface area contributed by atoms with Gasteiger partial charge in [-0.2, -0.15) is 0 Å². The van der Waals surface area contributed by atoms with Crippen LogP contribution >= 0.6 is 11.6 Å². The highest BCUT2D eigenvalue weighted by Crippen LogP contribution is 2.19. The first-order valence-corrected chi connectivity index (χ1v) is 7.46. The maximum Gasteiger partial charge on any atom is 0.238 e. The topological polar surface area (TPSA) is 61.4 Å². The van der Waals surface area contributed by atoms with Crippen LogP contribution in [-0.2, 0) is 9.59 Å². The van der Waals surface area contributed by atoms with Crippen molar-refractivity contribution in [3.63, 3.8) is 0 Å². The van der Waals surface area contributed by atoms with Crippen LogP contribution in [0.1, 0.15) is 20.8 Å². The van der Waals surface area contributed by atoms with Gasteiger partial charge in [-0.05, 0) is 38.6 Å². The number of rotatable bonds is 7. The molecule has 0 aromatic heterocycles. The number of nitrogens with zero attached hydrogens (tertiary/aromatic N) is 1. The van der Waals surface area contributed by atoms with Crippen LogP contribution in [-0.4, -0.2) is 42.4 Å². The maximum absolute atomic E-state index is 13.1. The van der Waals surface area contributed by atoms with Crippen LogP contribution < -0.4 is 10.6 Å². The van der Waals surface area contributed by atoms with Gasteiger partial charge in [-0.15, -0.1) is 0 Å². The Morgan fingerprint density at radius 1 is 1.27 bits per heavy atom. The van der Waals surface area contributed by atoms with Crippen LogP contribution in [0.15, 0.2) is 18.2 Å². The summed E-state index contributed by atoms with van der Waals surface area (Å²) >= 11 is 5.66. The van der Waals surface area contributed by atoms with Crippen LogP contribution in [0.3, 0.4) is 0 Å². The van der Waals surface area contributed by atoms with Crippen molar-refractivity contribution in [1.82, 2.24) is 10.2 Å². The first kappa shape index (κ1) is 18.4. The molecule has 1 rings (SSSR count). The van der Waals surface area contributed by atoms with E-state index in [-0.39, 0.29) is 36.0 Å². The molecular weight excluding hydrogens is 309 g/mol. The molecule has 0 atom stereocenters. The van der Waals surface area contributed by atoms with E-state index >= 15 is 0 Å². The second-order valence-corrected chi connectivity index (χ2v) is 5.61. The summed E-state index contributed by atoms with van der Waals surface area (Å²) in [6, 6.07) is 4.02. The second-order valence-electron chi connectivity index (χ2n) is 5.20. The summed E-state index contributed by atoms with van der Waals surface area (Å²) in [6.07, 6.45) is 0. The molecule has 0 unspecified atom stereocenters. The van der Waals surface area contributed by atoms with E-state index in [1.807, 2.05) is 20.8 Å². The molecule has 0 saturated carbocycles. The summed E-state index contributed by atoms with van der Waals surface area (Å²) in [4.78, 5) is 25.4. The van der Waals surface area contributed by atoms with Crippen molar-refractivity contribution in [1.29, 1.82) is 0 Å². The Bertz CT molecular complexity index is 538. The van der Waals surface area contributed by atoms with E-state index in [1.165, 1.54) is 18.2 Å². The van der Waals surface area contributed by atoms with Crippen molar-refractivity contribution in [3.05, 3.63) is 29.0 Å². The number of carbonyl (C=O) groups is 2. The number of likely N-dealkylation sites (N-methyl/N-ethyl adjacent to an activating group) is 1.